The van der Waals surface area contributed by atoms with Gasteiger partial charge in [-0.15, -0.1) is 10.2 Å². The van der Waals surface area contributed by atoms with Gasteiger partial charge in [0.15, 0.2) is 5.65 Å². The van der Waals surface area contributed by atoms with Crippen molar-refractivity contribution in [3.63, 3.8) is 0 Å². The van der Waals surface area contributed by atoms with E-state index in [4.69, 9.17) is 11.6 Å². The van der Waals surface area contributed by atoms with Crippen LogP contribution in [-0.2, 0) is 11.3 Å². The first-order valence-corrected chi connectivity index (χ1v) is 7.90. The van der Waals surface area contributed by atoms with Crippen molar-refractivity contribution in [2.75, 3.05) is 6.54 Å². The number of benzene rings is 1. The van der Waals surface area contributed by atoms with Crippen LogP contribution in [0, 0.1) is 6.92 Å². The Kier molecular flexibility index (Phi) is 4.40. The van der Waals surface area contributed by atoms with Crippen LogP contribution in [0.5, 0.6) is 5.75 Å². The topological polar surface area (TPSA) is 80.0 Å². The van der Waals surface area contributed by atoms with Gasteiger partial charge in [-0.3, -0.25) is 4.79 Å². The Bertz CT molecular complexity index is 897. The monoisotopic (exact) mass is 344 g/mol. The Morgan fingerprint density at radius 3 is 2.83 bits per heavy atom. The van der Waals surface area contributed by atoms with Crippen molar-refractivity contribution in [1.29, 1.82) is 0 Å². The van der Waals surface area contributed by atoms with Crippen LogP contribution in [0.25, 0.3) is 22.3 Å². The summed E-state index contributed by atoms with van der Waals surface area (Å²) < 4.78 is 1.93. The van der Waals surface area contributed by atoms with Crippen molar-refractivity contribution in [2.24, 2.45) is 0 Å². The van der Waals surface area contributed by atoms with Gasteiger partial charge in [0, 0.05) is 42.2 Å². The minimum atomic E-state index is -0.0616. The molecule has 24 heavy (non-hydrogen) atoms. The second kappa shape index (κ2) is 6.49. The molecular weight excluding hydrogens is 328 g/mol. The molecule has 0 aliphatic carbocycles. The molecular formula is C17H17ClN4O2. The Labute approximate surface area is 144 Å². The average Bonchev–Trinajstić information content (AvgIpc) is 2.88. The molecule has 1 amide bonds. The summed E-state index contributed by atoms with van der Waals surface area (Å²) in [5.41, 5.74) is 2.78. The van der Waals surface area contributed by atoms with Crippen molar-refractivity contribution in [3.8, 4) is 17.0 Å². The van der Waals surface area contributed by atoms with Gasteiger partial charge in [-0.1, -0.05) is 11.6 Å². The molecule has 0 saturated heterocycles. The predicted molar refractivity (Wildman–Crippen MR) is 93.1 cm³/mol. The lowest BCUT2D eigenvalue weighted by atomic mass is 10.0. The van der Waals surface area contributed by atoms with Crippen LogP contribution >= 0.6 is 11.6 Å². The zero-order valence-electron chi connectivity index (χ0n) is 13.4. The second-order valence-corrected chi connectivity index (χ2v) is 6.05. The summed E-state index contributed by atoms with van der Waals surface area (Å²) in [5, 5.41) is 22.8. The van der Waals surface area contributed by atoms with Gasteiger partial charge < -0.3 is 15.0 Å². The Morgan fingerprint density at radius 1 is 1.33 bits per heavy atom. The molecule has 3 aromatic rings. The number of fused-ring (bicyclic) bond motifs is 1. The van der Waals surface area contributed by atoms with Gasteiger partial charge in [0.05, 0.1) is 5.69 Å². The molecule has 0 saturated carbocycles. The molecule has 0 aliphatic rings. The highest BCUT2D eigenvalue weighted by molar-refractivity contribution is 6.31. The number of hydrogen-bond donors (Lipinski definition) is 2. The van der Waals surface area contributed by atoms with Crippen LogP contribution in [0.4, 0.5) is 0 Å². The van der Waals surface area contributed by atoms with Crippen molar-refractivity contribution < 1.29 is 9.90 Å². The van der Waals surface area contributed by atoms with Gasteiger partial charge in [-0.25, -0.2) is 0 Å². The number of rotatable bonds is 4. The van der Waals surface area contributed by atoms with Crippen molar-refractivity contribution >= 4 is 28.5 Å². The maximum Gasteiger partial charge on any atom is 0.216 e. The fraction of sp³-hybridized carbons (Fsp3) is 0.235. The van der Waals surface area contributed by atoms with Crippen molar-refractivity contribution in [1.82, 2.24) is 20.1 Å². The summed E-state index contributed by atoms with van der Waals surface area (Å²) in [5.74, 6) is 0.0206. The third-order valence-electron chi connectivity index (χ3n) is 3.77. The van der Waals surface area contributed by atoms with E-state index in [9.17, 15) is 9.90 Å². The fourth-order valence-corrected chi connectivity index (χ4v) is 2.97. The lowest BCUT2D eigenvalue weighted by Crippen LogP contribution is -2.24. The van der Waals surface area contributed by atoms with Crippen LogP contribution in [0.1, 0.15) is 12.5 Å². The molecule has 124 valence electrons. The summed E-state index contributed by atoms with van der Waals surface area (Å²) in [7, 11) is 0. The van der Waals surface area contributed by atoms with E-state index in [0.29, 0.717) is 29.4 Å². The first-order chi connectivity index (χ1) is 11.5. The maximum atomic E-state index is 10.9. The summed E-state index contributed by atoms with van der Waals surface area (Å²) in [6.07, 6.45) is 1.90. The lowest BCUT2D eigenvalue weighted by molar-refractivity contribution is -0.118. The summed E-state index contributed by atoms with van der Waals surface area (Å²) in [4.78, 5) is 10.9. The highest BCUT2D eigenvalue weighted by Gasteiger charge is 2.13. The van der Waals surface area contributed by atoms with Gasteiger partial charge in [-0.05, 0) is 36.8 Å². The van der Waals surface area contributed by atoms with E-state index in [-0.39, 0.29) is 11.7 Å². The highest BCUT2D eigenvalue weighted by Crippen LogP contribution is 2.34. The minimum Gasteiger partial charge on any atom is -0.507 e. The van der Waals surface area contributed by atoms with Crippen LogP contribution < -0.4 is 5.32 Å². The van der Waals surface area contributed by atoms with Crippen LogP contribution in [-0.4, -0.2) is 32.3 Å². The molecule has 2 aromatic heterocycles. The van der Waals surface area contributed by atoms with E-state index in [1.54, 1.807) is 6.07 Å². The van der Waals surface area contributed by atoms with Gasteiger partial charge >= 0.3 is 0 Å². The lowest BCUT2D eigenvalue weighted by Gasteiger charge is -2.09. The van der Waals surface area contributed by atoms with E-state index in [1.165, 1.54) is 13.0 Å². The SMILES string of the molecule is CC(=O)NCCn1ccc2cc(-c3c(C)cc(Cl)cc3O)nnc21. The molecule has 0 bridgehead atoms. The van der Waals surface area contributed by atoms with Gasteiger partial charge in [0.1, 0.15) is 5.75 Å². The first-order valence-electron chi connectivity index (χ1n) is 7.52. The normalized spacial score (nSPS) is 11.0. The number of hydrogen-bond acceptors (Lipinski definition) is 4. The number of aromatic nitrogens is 3. The molecule has 0 unspecified atom stereocenters. The molecule has 0 fully saturated rings. The van der Waals surface area contributed by atoms with Crippen LogP contribution in [0.2, 0.25) is 5.02 Å². The maximum absolute atomic E-state index is 10.9. The number of phenolic OH excluding ortho intramolecular Hbond substituents is 1. The summed E-state index contributed by atoms with van der Waals surface area (Å²) in [6.45, 7) is 4.49. The van der Waals surface area contributed by atoms with E-state index < -0.39 is 0 Å². The van der Waals surface area contributed by atoms with Gasteiger partial charge in [0.25, 0.3) is 0 Å². The number of amides is 1. The molecule has 2 heterocycles. The van der Waals surface area contributed by atoms with E-state index >= 15 is 0 Å². The molecule has 0 radical (unpaired) electrons. The molecule has 3 rings (SSSR count). The number of carbonyl (C=O) groups is 1. The summed E-state index contributed by atoms with van der Waals surface area (Å²) in [6, 6.07) is 7.09. The molecule has 6 nitrogen and oxygen atoms in total. The third-order valence-corrected chi connectivity index (χ3v) is 3.99. The number of halogens is 1. The quantitative estimate of drug-likeness (QED) is 0.762. The molecule has 0 spiro atoms. The van der Waals surface area contributed by atoms with Crippen molar-refractivity contribution in [2.45, 2.75) is 20.4 Å². The Balaban J connectivity index is 1.95. The van der Waals surface area contributed by atoms with E-state index in [0.717, 1.165) is 16.6 Å². The standard InChI is InChI=1S/C17H17ClN4O2/c1-10-7-13(18)9-15(24)16(10)14-8-12-3-5-22(17(12)21-20-14)6-4-19-11(2)23/h3,5,7-9,24H,4,6H2,1-2H3,(H,19,23). The van der Waals surface area contributed by atoms with Crippen LogP contribution in [0.3, 0.4) is 0 Å². The fourth-order valence-electron chi connectivity index (χ4n) is 2.70. The average molecular weight is 345 g/mol. The molecule has 7 heteroatoms. The number of aromatic hydroxyl groups is 1. The number of aryl methyl sites for hydroxylation is 1. The Hall–Kier alpha value is -2.60. The smallest absolute Gasteiger partial charge is 0.216 e. The number of carbonyl (C=O) groups excluding carboxylic acids is 1. The number of nitrogens with zero attached hydrogens (tertiary/aromatic N) is 3. The Morgan fingerprint density at radius 2 is 2.12 bits per heavy atom. The molecule has 0 atom stereocenters. The van der Waals surface area contributed by atoms with Gasteiger partial charge in [0.2, 0.25) is 5.91 Å². The predicted octanol–water partition coefficient (Wildman–Crippen LogP) is 2.90. The third kappa shape index (κ3) is 3.19. The molecule has 1 aromatic carbocycles. The number of phenols is 1. The largest absolute Gasteiger partial charge is 0.507 e. The summed E-state index contributed by atoms with van der Waals surface area (Å²) >= 11 is 5.95. The minimum absolute atomic E-state index is 0.0616. The molecule has 0 aliphatic heterocycles. The van der Waals surface area contributed by atoms with E-state index in [1.807, 2.05) is 29.8 Å². The van der Waals surface area contributed by atoms with Crippen LogP contribution in [0.15, 0.2) is 30.5 Å². The zero-order chi connectivity index (χ0) is 17.3. The van der Waals surface area contributed by atoms with Crippen molar-refractivity contribution in [3.05, 3.63) is 41.0 Å². The zero-order valence-corrected chi connectivity index (χ0v) is 14.1. The highest BCUT2D eigenvalue weighted by atomic mass is 35.5. The molecule has 2 N–H and O–H groups in total. The van der Waals surface area contributed by atoms with Gasteiger partial charge in [-0.2, -0.15) is 0 Å². The van der Waals surface area contributed by atoms with E-state index in [2.05, 4.69) is 15.5 Å². The number of nitrogens with one attached hydrogen (secondary N) is 1. The second-order valence-electron chi connectivity index (χ2n) is 5.62. The first kappa shape index (κ1) is 16.3.